The molecule has 3 heterocycles. The summed E-state index contributed by atoms with van der Waals surface area (Å²) in [7, 11) is 2.07. The van der Waals surface area contributed by atoms with Crippen LogP contribution in [0, 0.1) is 5.92 Å². The molecule has 3 aliphatic heterocycles. The molecule has 3 unspecified atom stereocenters. The van der Waals surface area contributed by atoms with E-state index in [0.29, 0.717) is 23.6 Å². The fraction of sp³-hybridized carbons (Fsp3) is 0.667. The molecule has 0 spiro atoms. The predicted octanol–water partition coefficient (Wildman–Crippen LogP) is 0.618. The molecule has 1 saturated heterocycles. The second-order valence-corrected chi connectivity index (χ2v) is 7.44. The molecule has 0 amide bonds. The van der Waals surface area contributed by atoms with Gasteiger partial charge in [-0.05, 0) is 14.0 Å². The van der Waals surface area contributed by atoms with Crippen LogP contribution in [-0.2, 0) is 4.74 Å². The lowest BCUT2D eigenvalue weighted by molar-refractivity contribution is 0.0391. The third kappa shape index (κ3) is 2.65. The standard InChI is InChI=1S/C18H26FN3O3/c1-11-10-25-18-15-13(17(24)12(9-23)8-22(11)15)7-14(19)16(18)21-5-3-20(2)4-6-21/h8,11,13,17,23-24H,3-7,9-10H2,1-2H3. The van der Waals surface area contributed by atoms with E-state index in [1.807, 2.05) is 13.1 Å². The minimum atomic E-state index is -0.875. The number of likely N-dealkylation sites (N-methyl/N-ethyl adjacent to an activating group) is 1. The monoisotopic (exact) mass is 351 g/mol. The second kappa shape index (κ2) is 6.30. The summed E-state index contributed by atoms with van der Waals surface area (Å²) in [5.74, 6) is -0.0501. The van der Waals surface area contributed by atoms with Crippen LogP contribution >= 0.6 is 0 Å². The van der Waals surface area contributed by atoms with Gasteiger partial charge < -0.3 is 29.6 Å². The molecule has 0 aromatic rings. The molecule has 7 heteroatoms. The molecule has 1 fully saturated rings. The Morgan fingerprint density at radius 1 is 1.28 bits per heavy atom. The minimum Gasteiger partial charge on any atom is -0.487 e. The first-order valence-corrected chi connectivity index (χ1v) is 8.98. The van der Waals surface area contributed by atoms with Gasteiger partial charge in [0.05, 0.1) is 24.4 Å². The first kappa shape index (κ1) is 16.9. The third-order valence-electron chi connectivity index (χ3n) is 5.74. The minimum absolute atomic E-state index is 0.0881. The largest absolute Gasteiger partial charge is 0.487 e. The van der Waals surface area contributed by atoms with Crippen molar-refractivity contribution >= 4 is 0 Å². The molecule has 0 aromatic carbocycles. The van der Waals surface area contributed by atoms with E-state index in [2.05, 4.69) is 21.7 Å². The number of hydrogen-bond donors (Lipinski definition) is 2. The quantitative estimate of drug-likeness (QED) is 0.761. The van der Waals surface area contributed by atoms with E-state index >= 15 is 4.39 Å². The van der Waals surface area contributed by atoms with Crippen molar-refractivity contribution in [2.24, 2.45) is 5.92 Å². The molecule has 0 aromatic heterocycles. The van der Waals surface area contributed by atoms with E-state index in [1.165, 1.54) is 0 Å². The van der Waals surface area contributed by atoms with E-state index in [-0.39, 0.29) is 24.9 Å². The van der Waals surface area contributed by atoms with Crippen molar-refractivity contribution in [2.75, 3.05) is 46.4 Å². The van der Waals surface area contributed by atoms with Gasteiger partial charge in [-0.1, -0.05) is 0 Å². The Kier molecular flexibility index (Phi) is 4.25. The Bertz CT molecular complexity index is 652. The van der Waals surface area contributed by atoms with Gasteiger partial charge in [-0.25, -0.2) is 4.39 Å². The lowest BCUT2D eigenvalue weighted by Gasteiger charge is -2.48. The molecule has 25 heavy (non-hydrogen) atoms. The molecule has 4 aliphatic rings. The zero-order chi connectivity index (χ0) is 17.7. The first-order valence-electron chi connectivity index (χ1n) is 8.98. The molecule has 138 valence electrons. The highest BCUT2D eigenvalue weighted by Gasteiger charge is 2.46. The fourth-order valence-corrected chi connectivity index (χ4v) is 4.22. The van der Waals surface area contributed by atoms with Crippen LogP contribution in [0.2, 0.25) is 0 Å². The smallest absolute Gasteiger partial charge is 0.165 e. The number of hydrogen-bond acceptors (Lipinski definition) is 6. The van der Waals surface area contributed by atoms with Crippen LogP contribution < -0.4 is 0 Å². The van der Waals surface area contributed by atoms with Crippen molar-refractivity contribution in [1.82, 2.24) is 14.7 Å². The van der Waals surface area contributed by atoms with Gasteiger partial charge in [0.2, 0.25) is 0 Å². The number of halogens is 1. The van der Waals surface area contributed by atoms with Crippen LogP contribution in [0.3, 0.4) is 0 Å². The highest BCUT2D eigenvalue weighted by Crippen LogP contribution is 2.46. The maximum Gasteiger partial charge on any atom is 0.165 e. The normalized spacial score (nSPS) is 33.3. The molecule has 4 rings (SSSR count). The van der Waals surface area contributed by atoms with E-state index in [9.17, 15) is 10.2 Å². The number of aliphatic hydroxyl groups is 2. The zero-order valence-electron chi connectivity index (χ0n) is 14.8. The Hall–Kier alpha value is -1.57. The van der Waals surface area contributed by atoms with Gasteiger partial charge in [0, 0.05) is 50.3 Å². The predicted molar refractivity (Wildman–Crippen MR) is 90.8 cm³/mol. The van der Waals surface area contributed by atoms with Crippen molar-refractivity contribution in [2.45, 2.75) is 25.5 Å². The Balaban J connectivity index is 1.76. The number of aliphatic hydroxyl groups excluding tert-OH is 2. The van der Waals surface area contributed by atoms with Gasteiger partial charge in [-0.3, -0.25) is 0 Å². The van der Waals surface area contributed by atoms with Crippen LogP contribution in [0.1, 0.15) is 13.3 Å². The number of piperazine rings is 1. The molecule has 0 saturated carbocycles. The highest BCUT2D eigenvalue weighted by atomic mass is 19.1. The summed E-state index contributed by atoms with van der Waals surface area (Å²) < 4.78 is 21.1. The van der Waals surface area contributed by atoms with Gasteiger partial charge >= 0.3 is 0 Å². The van der Waals surface area contributed by atoms with E-state index in [0.717, 1.165) is 31.9 Å². The van der Waals surface area contributed by atoms with Gasteiger partial charge in [0.15, 0.2) is 5.76 Å². The molecular formula is C18H26FN3O3. The molecule has 0 radical (unpaired) electrons. The highest BCUT2D eigenvalue weighted by molar-refractivity contribution is 5.43. The van der Waals surface area contributed by atoms with E-state index in [4.69, 9.17) is 4.74 Å². The third-order valence-corrected chi connectivity index (χ3v) is 5.74. The van der Waals surface area contributed by atoms with Crippen LogP contribution in [0.25, 0.3) is 0 Å². The van der Waals surface area contributed by atoms with Crippen molar-refractivity contribution in [3.8, 4) is 0 Å². The maximum atomic E-state index is 15.1. The average Bonchev–Trinajstić information content (AvgIpc) is 2.60. The lowest BCUT2D eigenvalue weighted by atomic mass is 9.81. The number of allylic oxidation sites excluding steroid dienone is 1. The van der Waals surface area contributed by atoms with E-state index < -0.39 is 12.0 Å². The Morgan fingerprint density at radius 3 is 2.68 bits per heavy atom. The first-order chi connectivity index (χ1) is 12.0. The zero-order valence-corrected chi connectivity index (χ0v) is 14.8. The number of nitrogens with zero attached hydrogens (tertiary/aromatic N) is 3. The Morgan fingerprint density at radius 2 is 2.00 bits per heavy atom. The number of rotatable bonds is 2. The summed E-state index contributed by atoms with van der Waals surface area (Å²) in [5, 5.41) is 20.2. The van der Waals surface area contributed by atoms with Crippen molar-refractivity contribution < 1.29 is 19.3 Å². The van der Waals surface area contributed by atoms with Gasteiger partial charge in [0.25, 0.3) is 0 Å². The molecule has 1 aliphatic carbocycles. The summed E-state index contributed by atoms with van der Waals surface area (Å²) >= 11 is 0. The summed E-state index contributed by atoms with van der Waals surface area (Å²) in [6.07, 6.45) is 1.08. The van der Waals surface area contributed by atoms with Gasteiger partial charge in [0.1, 0.15) is 18.1 Å². The molecule has 2 N–H and O–H groups in total. The van der Waals surface area contributed by atoms with Crippen molar-refractivity contribution in [1.29, 1.82) is 0 Å². The SMILES string of the molecule is CC1COC2=C3C(CC(F)=C2N2CCN(C)CC2)C(O)C(CO)=CN31. The van der Waals surface area contributed by atoms with Crippen molar-refractivity contribution in [3.05, 3.63) is 34.8 Å². The van der Waals surface area contributed by atoms with Gasteiger partial charge in [-0.15, -0.1) is 0 Å². The Labute approximate surface area is 147 Å². The van der Waals surface area contributed by atoms with Gasteiger partial charge in [-0.2, -0.15) is 0 Å². The fourth-order valence-electron chi connectivity index (χ4n) is 4.22. The second-order valence-electron chi connectivity index (χ2n) is 7.44. The lowest BCUT2D eigenvalue weighted by Crippen LogP contribution is -2.51. The molecular weight excluding hydrogens is 325 g/mol. The molecule has 6 nitrogen and oxygen atoms in total. The van der Waals surface area contributed by atoms with Crippen LogP contribution in [0.4, 0.5) is 4.39 Å². The van der Waals surface area contributed by atoms with Crippen molar-refractivity contribution in [3.63, 3.8) is 0 Å². The summed E-state index contributed by atoms with van der Waals surface area (Å²) in [6.45, 7) is 5.58. The van der Waals surface area contributed by atoms with Crippen LogP contribution in [0.15, 0.2) is 34.8 Å². The maximum absolute atomic E-state index is 15.1. The molecule has 3 atom stereocenters. The topological polar surface area (TPSA) is 59.4 Å². The van der Waals surface area contributed by atoms with Crippen LogP contribution in [0.5, 0.6) is 0 Å². The summed E-state index contributed by atoms with van der Waals surface area (Å²) in [4.78, 5) is 6.36. The summed E-state index contributed by atoms with van der Waals surface area (Å²) in [6, 6.07) is 0.0881. The number of ether oxygens (including phenoxy) is 1. The van der Waals surface area contributed by atoms with Crippen LogP contribution in [-0.4, -0.2) is 83.5 Å². The summed E-state index contributed by atoms with van der Waals surface area (Å²) in [5.41, 5.74) is 1.96. The average molecular weight is 351 g/mol. The molecule has 0 bridgehead atoms. The van der Waals surface area contributed by atoms with E-state index in [1.54, 1.807) is 0 Å².